The number of anilines is 3. The van der Waals surface area contributed by atoms with Crippen molar-refractivity contribution in [2.75, 3.05) is 22.1 Å². The summed E-state index contributed by atoms with van der Waals surface area (Å²) in [6, 6.07) is 31.9. The number of nitrogens with zero attached hydrogens (tertiary/aromatic N) is 2. The number of hydrogen-bond donors (Lipinski definition) is 4. The van der Waals surface area contributed by atoms with Crippen molar-refractivity contribution in [2.24, 2.45) is 5.73 Å². The molecule has 2 heterocycles. The van der Waals surface area contributed by atoms with Gasteiger partial charge in [0.25, 0.3) is 11.8 Å². The molecular weight excluding hydrogens is 532 g/mol. The Balaban J connectivity index is 1.22. The van der Waals surface area contributed by atoms with E-state index < -0.39 is 0 Å². The Labute approximate surface area is 241 Å². The van der Waals surface area contributed by atoms with Crippen molar-refractivity contribution in [3.8, 4) is 22.4 Å². The standard InChI is InChI=1S/C32H26N6O2S/c33-31(34)37-32-36-28-25-12-6-7-13-26(25)38(19-18-27(28)41-32)30(40)21-14-16-22(17-15-21)35-29(39)24-11-5-4-10-23(24)20-8-2-1-3-9-20/h1-17H,18-19H2,(H,35,39)(H4,33,34,36,37). The van der Waals surface area contributed by atoms with Gasteiger partial charge in [0.05, 0.1) is 11.4 Å². The monoisotopic (exact) mass is 558 g/mol. The maximum Gasteiger partial charge on any atom is 0.258 e. The molecule has 0 fully saturated rings. The van der Waals surface area contributed by atoms with Crippen molar-refractivity contribution in [1.29, 1.82) is 5.41 Å². The first-order valence-corrected chi connectivity index (χ1v) is 13.9. The Morgan fingerprint density at radius 3 is 2.27 bits per heavy atom. The second-order valence-corrected chi connectivity index (χ2v) is 10.6. The maximum absolute atomic E-state index is 13.7. The van der Waals surface area contributed by atoms with Crippen molar-refractivity contribution < 1.29 is 9.59 Å². The summed E-state index contributed by atoms with van der Waals surface area (Å²) in [5, 5.41) is 13.8. The predicted molar refractivity (Wildman–Crippen MR) is 165 cm³/mol. The number of thiazole rings is 1. The number of para-hydroxylation sites is 1. The largest absolute Gasteiger partial charge is 0.370 e. The van der Waals surface area contributed by atoms with E-state index in [2.05, 4.69) is 15.6 Å². The summed E-state index contributed by atoms with van der Waals surface area (Å²) >= 11 is 1.43. The van der Waals surface area contributed by atoms with Gasteiger partial charge in [0.15, 0.2) is 11.1 Å². The average molecular weight is 559 g/mol. The molecule has 5 aromatic rings. The molecule has 0 saturated carbocycles. The van der Waals surface area contributed by atoms with Crippen LogP contribution in [0.1, 0.15) is 25.6 Å². The topological polar surface area (TPSA) is 124 Å². The van der Waals surface area contributed by atoms with E-state index in [9.17, 15) is 9.59 Å². The van der Waals surface area contributed by atoms with Gasteiger partial charge in [0.1, 0.15) is 0 Å². The van der Waals surface area contributed by atoms with Crippen molar-refractivity contribution in [2.45, 2.75) is 6.42 Å². The zero-order chi connectivity index (χ0) is 28.3. The van der Waals surface area contributed by atoms with Crippen LogP contribution in [0.5, 0.6) is 0 Å². The van der Waals surface area contributed by atoms with E-state index in [1.165, 1.54) is 11.3 Å². The normalized spacial score (nSPS) is 12.0. The van der Waals surface area contributed by atoms with Gasteiger partial charge in [-0.3, -0.25) is 15.0 Å². The molecule has 9 heteroatoms. The molecule has 1 aromatic heterocycles. The lowest BCUT2D eigenvalue weighted by Gasteiger charge is -2.23. The van der Waals surface area contributed by atoms with Gasteiger partial charge < -0.3 is 21.3 Å². The highest BCUT2D eigenvalue weighted by molar-refractivity contribution is 7.16. The van der Waals surface area contributed by atoms with Crippen LogP contribution in [0.15, 0.2) is 103 Å². The smallest absolute Gasteiger partial charge is 0.258 e. The first kappa shape index (κ1) is 26.0. The minimum Gasteiger partial charge on any atom is -0.370 e. The van der Waals surface area contributed by atoms with Crippen LogP contribution < -0.4 is 21.3 Å². The number of aromatic nitrogens is 1. The molecule has 2 amide bonds. The lowest BCUT2D eigenvalue weighted by atomic mass is 9.99. The first-order valence-electron chi connectivity index (χ1n) is 13.1. The Morgan fingerprint density at radius 2 is 1.51 bits per heavy atom. The highest BCUT2D eigenvalue weighted by Gasteiger charge is 2.27. The zero-order valence-electron chi connectivity index (χ0n) is 21.9. The lowest BCUT2D eigenvalue weighted by Crippen LogP contribution is -2.32. The highest BCUT2D eigenvalue weighted by atomic mass is 32.1. The molecule has 1 aliphatic rings. The second-order valence-electron chi connectivity index (χ2n) is 9.50. The summed E-state index contributed by atoms with van der Waals surface area (Å²) in [4.78, 5) is 34.4. The number of nitrogens with one attached hydrogen (secondary N) is 3. The SMILES string of the molecule is N=C(N)Nc1nc2c(s1)CCN(C(=O)c1ccc(NC(=O)c3ccccc3-c3ccccc3)cc1)c1ccccc1-2. The lowest BCUT2D eigenvalue weighted by molar-refractivity contribution is 0.0986. The van der Waals surface area contributed by atoms with Crippen LogP contribution in [0.25, 0.3) is 22.4 Å². The minimum atomic E-state index is -0.220. The third-order valence-corrected chi connectivity index (χ3v) is 7.87. The molecule has 8 nitrogen and oxygen atoms in total. The van der Waals surface area contributed by atoms with Gasteiger partial charge >= 0.3 is 0 Å². The number of hydrogen-bond acceptors (Lipinski definition) is 5. The second kappa shape index (κ2) is 11.1. The predicted octanol–water partition coefficient (Wildman–Crippen LogP) is 6.24. The van der Waals surface area contributed by atoms with E-state index in [1.807, 2.05) is 72.8 Å². The van der Waals surface area contributed by atoms with E-state index in [1.54, 1.807) is 35.2 Å². The Bertz CT molecular complexity index is 1770. The Kier molecular flexibility index (Phi) is 7.01. The molecule has 5 N–H and O–H groups in total. The summed E-state index contributed by atoms with van der Waals surface area (Å²) < 4.78 is 0. The fraction of sp³-hybridized carbons (Fsp3) is 0.0625. The molecule has 0 saturated heterocycles. The Hall–Kier alpha value is -5.28. The van der Waals surface area contributed by atoms with Crippen LogP contribution in [0.2, 0.25) is 0 Å². The molecule has 0 unspecified atom stereocenters. The molecule has 4 aromatic carbocycles. The third-order valence-electron chi connectivity index (χ3n) is 6.84. The van der Waals surface area contributed by atoms with E-state index in [0.29, 0.717) is 34.9 Å². The quantitative estimate of drug-likeness (QED) is 0.150. The molecule has 0 atom stereocenters. The number of amides is 2. The van der Waals surface area contributed by atoms with Gasteiger partial charge in [-0.15, -0.1) is 11.3 Å². The van der Waals surface area contributed by atoms with Crippen molar-refractivity contribution in [3.63, 3.8) is 0 Å². The molecule has 41 heavy (non-hydrogen) atoms. The summed E-state index contributed by atoms with van der Waals surface area (Å²) in [6.07, 6.45) is 0.613. The van der Waals surface area contributed by atoms with Crippen LogP contribution in [0, 0.1) is 5.41 Å². The van der Waals surface area contributed by atoms with Crippen molar-refractivity contribution in [3.05, 3.63) is 119 Å². The van der Waals surface area contributed by atoms with Crippen LogP contribution in [0.4, 0.5) is 16.5 Å². The van der Waals surface area contributed by atoms with Crippen molar-refractivity contribution in [1.82, 2.24) is 4.98 Å². The first-order chi connectivity index (χ1) is 20.0. The molecule has 202 valence electrons. The Morgan fingerprint density at radius 1 is 0.829 bits per heavy atom. The number of guanidine groups is 1. The number of fused-ring (bicyclic) bond motifs is 3. The zero-order valence-corrected chi connectivity index (χ0v) is 22.7. The fourth-order valence-corrected chi connectivity index (χ4v) is 5.93. The van der Waals surface area contributed by atoms with Gasteiger partial charge in [0.2, 0.25) is 0 Å². The molecule has 1 aliphatic heterocycles. The molecule has 0 aliphatic carbocycles. The van der Waals surface area contributed by atoms with Crippen LogP contribution >= 0.6 is 11.3 Å². The van der Waals surface area contributed by atoms with Gasteiger partial charge in [-0.2, -0.15) is 0 Å². The molecule has 0 spiro atoms. The third kappa shape index (κ3) is 5.30. The summed E-state index contributed by atoms with van der Waals surface area (Å²) in [7, 11) is 0. The van der Waals surface area contributed by atoms with E-state index >= 15 is 0 Å². The van der Waals surface area contributed by atoms with Crippen molar-refractivity contribution >= 4 is 45.6 Å². The average Bonchev–Trinajstić information content (AvgIpc) is 3.32. The van der Waals surface area contributed by atoms with E-state index in [0.717, 1.165) is 32.9 Å². The molecule has 6 rings (SSSR count). The van der Waals surface area contributed by atoms with E-state index in [-0.39, 0.29) is 17.8 Å². The number of nitrogens with two attached hydrogens (primary N) is 1. The molecule has 0 bridgehead atoms. The van der Waals surface area contributed by atoms with Gasteiger partial charge in [-0.25, -0.2) is 4.98 Å². The number of carbonyl (C=O) groups is 2. The maximum atomic E-state index is 13.7. The van der Waals surface area contributed by atoms with Gasteiger partial charge in [-0.05, 0) is 47.5 Å². The van der Waals surface area contributed by atoms with Crippen LogP contribution in [0.3, 0.4) is 0 Å². The number of carbonyl (C=O) groups excluding carboxylic acids is 2. The van der Waals surface area contributed by atoms with Crippen LogP contribution in [-0.2, 0) is 6.42 Å². The van der Waals surface area contributed by atoms with Gasteiger partial charge in [0, 0.05) is 40.2 Å². The minimum absolute atomic E-state index is 0.137. The number of rotatable bonds is 5. The van der Waals surface area contributed by atoms with E-state index in [4.69, 9.17) is 11.1 Å². The summed E-state index contributed by atoms with van der Waals surface area (Å²) in [5.41, 5.74) is 11.4. The number of benzene rings is 4. The molecular formula is C32H26N6O2S. The van der Waals surface area contributed by atoms with Gasteiger partial charge in [-0.1, -0.05) is 66.7 Å². The molecule has 0 radical (unpaired) electrons. The van der Waals surface area contributed by atoms with Crippen LogP contribution in [-0.4, -0.2) is 29.3 Å². The highest BCUT2D eigenvalue weighted by Crippen LogP contribution is 2.40. The summed E-state index contributed by atoms with van der Waals surface area (Å²) in [6.45, 7) is 0.472. The summed E-state index contributed by atoms with van der Waals surface area (Å²) in [5.74, 6) is -0.525. The fourth-order valence-electron chi connectivity index (χ4n) is 4.96.